The van der Waals surface area contributed by atoms with Crippen LogP contribution in [0.3, 0.4) is 0 Å². The predicted octanol–water partition coefficient (Wildman–Crippen LogP) is 4.70. The smallest absolute Gasteiger partial charge is 0.00489 e. The van der Waals surface area contributed by atoms with Gasteiger partial charge in [-0.25, -0.2) is 0 Å². The van der Waals surface area contributed by atoms with E-state index in [-0.39, 0.29) is 17.0 Å². The molecule has 0 saturated heterocycles. The Labute approximate surface area is 107 Å². The SMILES string of the molecule is Br.CCCCCCCCCCNCCC. The Morgan fingerprint density at radius 2 is 1.13 bits per heavy atom. The van der Waals surface area contributed by atoms with Gasteiger partial charge in [0.2, 0.25) is 0 Å². The van der Waals surface area contributed by atoms with Crippen molar-refractivity contribution in [2.24, 2.45) is 0 Å². The summed E-state index contributed by atoms with van der Waals surface area (Å²) in [7, 11) is 0. The maximum absolute atomic E-state index is 3.45. The molecule has 0 fully saturated rings. The van der Waals surface area contributed by atoms with Gasteiger partial charge in [-0.15, -0.1) is 17.0 Å². The quantitative estimate of drug-likeness (QED) is 0.541. The van der Waals surface area contributed by atoms with Gasteiger partial charge in [-0.1, -0.05) is 58.8 Å². The Morgan fingerprint density at radius 1 is 0.600 bits per heavy atom. The Morgan fingerprint density at radius 3 is 1.67 bits per heavy atom. The van der Waals surface area contributed by atoms with Gasteiger partial charge in [0.05, 0.1) is 0 Å². The molecule has 1 N–H and O–H groups in total. The minimum absolute atomic E-state index is 0. The molecule has 15 heavy (non-hydrogen) atoms. The maximum atomic E-state index is 3.45. The molecule has 0 rings (SSSR count). The second kappa shape index (κ2) is 16.9. The fraction of sp³-hybridized carbons (Fsp3) is 1.00. The van der Waals surface area contributed by atoms with Gasteiger partial charge in [0.1, 0.15) is 0 Å². The highest BCUT2D eigenvalue weighted by atomic mass is 79.9. The topological polar surface area (TPSA) is 12.0 Å². The summed E-state index contributed by atoms with van der Waals surface area (Å²) in [6, 6.07) is 0. The molecule has 0 aliphatic rings. The standard InChI is InChI=1S/C13H29N.BrH/c1-3-5-6-7-8-9-10-11-13-14-12-4-2;/h14H,3-13H2,1-2H3;1H. The minimum Gasteiger partial charge on any atom is -0.317 e. The van der Waals surface area contributed by atoms with E-state index in [4.69, 9.17) is 0 Å². The zero-order valence-corrected chi connectivity index (χ0v) is 12.4. The summed E-state index contributed by atoms with van der Waals surface area (Å²) in [6.45, 7) is 6.92. The van der Waals surface area contributed by atoms with E-state index in [0.717, 1.165) is 0 Å². The lowest BCUT2D eigenvalue weighted by Gasteiger charge is -2.03. The van der Waals surface area contributed by atoms with Gasteiger partial charge in [0.15, 0.2) is 0 Å². The molecule has 0 aliphatic carbocycles. The Balaban J connectivity index is 0. The molecule has 0 aromatic carbocycles. The van der Waals surface area contributed by atoms with E-state index < -0.39 is 0 Å². The number of nitrogens with one attached hydrogen (secondary N) is 1. The third-order valence-corrected chi connectivity index (χ3v) is 2.63. The molecule has 0 aromatic rings. The van der Waals surface area contributed by atoms with Gasteiger partial charge in [-0.2, -0.15) is 0 Å². The van der Waals surface area contributed by atoms with Gasteiger partial charge >= 0.3 is 0 Å². The zero-order chi connectivity index (χ0) is 10.5. The van der Waals surface area contributed by atoms with Crippen molar-refractivity contribution in [2.75, 3.05) is 13.1 Å². The highest BCUT2D eigenvalue weighted by Gasteiger charge is 1.90. The van der Waals surface area contributed by atoms with Crippen LogP contribution in [0.4, 0.5) is 0 Å². The summed E-state index contributed by atoms with van der Waals surface area (Å²) in [5.41, 5.74) is 0. The number of hydrogen-bond acceptors (Lipinski definition) is 1. The van der Waals surface area contributed by atoms with Crippen molar-refractivity contribution in [3.63, 3.8) is 0 Å². The van der Waals surface area contributed by atoms with Crippen molar-refractivity contribution in [1.29, 1.82) is 0 Å². The van der Waals surface area contributed by atoms with Gasteiger partial charge in [-0.3, -0.25) is 0 Å². The molecular weight excluding hydrogens is 250 g/mol. The molecule has 0 amide bonds. The van der Waals surface area contributed by atoms with Crippen LogP contribution >= 0.6 is 17.0 Å². The summed E-state index contributed by atoms with van der Waals surface area (Å²) in [4.78, 5) is 0. The molecule has 0 atom stereocenters. The summed E-state index contributed by atoms with van der Waals surface area (Å²) in [5, 5.41) is 3.45. The van der Waals surface area contributed by atoms with Crippen LogP contribution in [0.15, 0.2) is 0 Å². The minimum atomic E-state index is 0. The highest BCUT2D eigenvalue weighted by molar-refractivity contribution is 8.93. The van der Waals surface area contributed by atoms with Gasteiger partial charge in [0, 0.05) is 0 Å². The molecule has 1 nitrogen and oxygen atoms in total. The van der Waals surface area contributed by atoms with Crippen molar-refractivity contribution in [3.8, 4) is 0 Å². The van der Waals surface area contributed by atoms with Crippen LogP contribution in [0.1, 0.15) is 71.6 Å². The second-order valence-corrected chi connectivity index (χ2v) is 4.22. The van der Waals surface area contributed by atoms with Crippen molar-refractivity contribution in [1.82, 2.24) is 5.32 Å². The predicted molar refractivity (Wildman–Crippen MR) is 76.1 cm³/mol. The number of hydrogen-bond donors (Lipinski definition) is 1. The molecule has 0 aromatic heterocycles. The van der Waals surface area contributed by atoms with E-state index in [1.165, 1.54) is 70.9 Å². The van der Waals surface area contributed by atoms with E-state index in [0.29, 0.717) is 0 Å². The lowest BCUT2D eigenvalue weighted by Crippen LogP contribution is -2.15. The van der Waals surface area contributed by atoms with Gasteiger partial charge in [-0.05, 0) is 25.9 Å². The van der Waals surface area contributed by atoms with Crippen LogP contribution in [0.2, 0.25) is 0 Å². The molecule has 0 radical (unpaired) electrons. The zero-order valence-electron chi connectivity index (χ0n) is 10.7. The lowest BCUT2D eigenvalue weighted by atomic mass is 10.1. The molecule has 0 spiro atoms. The molecule has 0 aliphatic heterocycles. The number of unbranched alkanes of at least 4 members (excludes halogenated alkanes) is 7. The highest BCUT2D eigenvalue weighted by Crippen LogP contribution is 2.07. The first-order valence-corrected chi connectivity index (χ1v) is 6.62. The molecule has 0 saturated carbocycles. The first-order valence-electron chi connectivity index (χ1n) is 6.62. The normalized spacial score (nSPS) is 10.0. The third-order valence-electron chi connectivity index (χ3n) is 2.63. The van der Waals surface area contributed by atoms with Crippen molar-refractivity contribution < 1.29 is 0 Å². The van der Waals surface area contributed by atoms with Crippen molar-refractivity contribution in [2.45, 2.75) is 71.6 Å². The summed E-state index contributed by atoms with van der Waals surface area (Å²) in [6.07, 6.45) is 12.6. The molecule has 2 heteroatoms. The molecule has 0 bridgehead atoms. The van der Waals surface area contributed by atoms with Gasteiger partial charge < -0.3 is 5.32 Å². The van der Waals surface area contributed by atoms with Crippen LogP contribution in [0.25, 0.3) is 0 Å². The van der Waals surface area contributed by atoms with Crippen LogP contribution < -0.4 is 5.32 Å². The van der Waals surface area contributed by atoms with Crippen LogP contribution in [-0.2, 0) is 0 Å². The maximum Gasteiger partial charge on any atom is -0.00489 e. The monoisotopic (exact) mass is 279 g/mol. The number of rotatable bonds is 11. The van der Waals surface area contributed by atoms with E-state index in [2.05, 4.69) is 19.2 Å². The third kappa shape index (κ3) is 17.1. The fourth-order valence-corrected chi connectivity index (χ4v) is 1.69. The number of halogens is 1. The van der Waals surface area contributed by atoms with E-state index in [1.54, 1.807) is 0 Å². The lowest BCUT2D eigenvalue weighted by molar-refractivity contribution is 0.554. The molecule has 0 heterocycles. The Kier molecular flexibility index (Phi) is 20.0. The average molecular weight is 280 g/mol. The molecular formula is C13H30BrN. The molecule has 94 valence electrons. The summed E-state index contributed by atoms with van der Waals surface area (Å²) in [5.74, 6) is 0. The van der Waals surface area contributed by atoms with E-state index in [1.807, 2.05) is 0 Å². The first kappa shape index (κ1) is 17.8. The largest absolute Gasteiger partial charge is 0.317 e. The Bertz CT molecular complexity index is 84.5. The summed E-state index contributed by atoms with van der Waals surface area (Å²) < 4.78 is 0. The van der Waals surface area contributed by atoms with Crippen LogP contribution in [-0.4, -0.2) is 13.1 Å². The van der Waals surface area contributed by atoms with Crippen LogP contribution in [0.5, 0.6) is 0 Å². The average Bonchev–Trinajstić information content (AvgIpc) is 2.21. The Hall–Kier alpha value is 0.440. The second-order valence-electron chi connectivity index (χ2n) is 4.22. The fourth-order valence-electron chi connectivity index (χ4n) is 1.69. The van der Waals surface area contributed by atoms with E-state index in [9.17, 15) is 0 Å². The van der Waals surface area contributed by atoms with Crippen LogP contribution in [0, 0.1) is 0 Å². The molecule has 0 unspecified atom stereocenters. The van der Waals surface area contributed by atoms with Gasteiger partial charge in [0.25, 0.3) is 0 Å². The first-order chi connectivity index (χ1) is 6.91. The van der Waals surface area contributed by atoms with Crippen molar-refractivity contribution >= 4 is 17.0 Å². The summed E-state index contributed by atoms with van der Waals surface area (Å²) >= 11 is 0. The van der Waals surface area contributed by atoms with E-state index >= 15 is 0 Å². The van der Waals surface area contributed by atoms with Crippen molar-refractivity contribution in [3.05, 3.63) is 0 Å².